The maximum atomic E-state index is 13.1. The third kappa shape index (κ3) is 4.57. The molecule has 1 fully saturated rings. The fourth-order valence-electron chi connectivity index (χ4n) is 2.98. The summed E-state index contributed by atoms with van der Waals surface area (Å²) in [6, 6.07) is 7.64. The number of aliphatic hydroxyl groups excluding tert-OH is 1. The van der Waals surface area contributed by atoms with Crippen molar-refractivity contribution in [2.45, 2.75) is 70.1 Å². The van der Waals surface area contributed by atoms with Gasteiger partial charge in [0.05, 0.1) is 6.10 Å². The molecular formula is C17H26FNO. The van der Waals surface area contributed by atoms with E-state index in [1.807, 2.05) is 12.1 Å². The van der Waals surface area contributed by atoms with Crippen LogP contribution in [-0.4, -0.2) is 17.3 Å². The van der Waals surface area contributed by atoms with E-state index in [1.165, 1.54) is 18.4 Å². The van der Waals surface area contributed by atoms with E-state index in [0.717, 1.165) is 32.1 Å². The van der Waals surface area contributed by atoms with Crippen molar-refractivity contribution in [3.8, 4) is 0 Å². The first-order chi connectivity index (χ1) is 9.69. The Balaban J connectivity index is 1.97. The quantitative estimate of drug-likeness (QED) is 0.826. The van der Waals surface area contributed by atoms with Crippen LogP contribution >= 0.6 is 0 Å². The number of nitrogens with one attached hydrogen (secondary N) is 1. The maximum absolute atomic E-state index is 13.1. The van der Waals surface area contributed by atoms with Crippen molar-refractivity contribution >= 4 is 0 Å². The molecule has 0 aliphatic heterocycles. The summed E-state index contributed by atoms with van der Waals surface area (Å²) in [4.78, 5) is 0. The molecule has 2 N–H and O–H groups in total. The summed E-state index contributed by atoms with van der Waals surface area (Å²) < 4.78 is 13.1. The van der Waals surface area contributed by atoms with Gasteiger partial charge in [-0.25, -0.2) is 4.39 Å². The van der Waals surface area contributed by atoms with Gasteiger partial charge in [-0.05, 0) is 49.8 Å². The molecule has 2 rings (SSSR count). The molecule has 20 heavy (non-hydrogen) atoms. The van der Waals surface area contributed by atoms with Crippen molar-refractivity contribution in [2.24, 2.45) is 0 Å². The molecule has 1 aromatic rings. The lowest BCUT2D eigenvalue weighted by atomic mass is 9.91. The van der Waals surface area contributed by atoms with Gasteiger partial charge in [-0.2, -0.15) is 0 Å². The number of aliphatic hydroxyl groups is 1. The van der Waals surface area contributed by atoms with Gasteiger partial charge in [0.15, 0.2) is 0 Å². The molecule has 1 aliphatic carbocycles. The second-order valence-corrected chi connectivity index (χ2v) is 5.92. The van der Waals surface area contributed by atoms with E-state index < -0.39 is 0 Å². The fourth-order valence-corrected chi connectivity index (χ4v) is 2.98. The summed E-state index contributed by atoms with van der Waals surface area (Å²) in [5.41, 5.74) is 1.17. The predicted molar refractivity (Wildman–Crippen MR) is 80.1 cm³/mol. The van der Waals surface area contributed by atoms with E-state index in [0.29, 0.717) is 12.1 Å². The van der Waals surface area contributed by atoms with Crippen LogP contribution in [0.4, 0.5) is 4.39 Å². The number of hydrogen-bond acceptors (Lipinski definition) is 2. The Bertz CT molecular complexity index is 384. The lowest BCUT2D eigenvalue weighted by Crippen LogP contribution is -2.37. The second kappa shape index (κ2) is 7.75. The Morgan fingerprint density at radius 3 is 2.45 bits per heavy atom. The van der Waals surface area contributed by atoms with Crippen molar-refractivity contribution in [3.05, 3.63) is 35.6 Å². The summed E-state index contributed by atoms with van der Waals surface area (Å²) in [5, 5.41) is 13.3. The standard InChI is InChI=1S/C17H26FNO/c1-2-3-4-17(13-5-7-14(18)8-6-13)19-15-9-11-16(20)12-10-15/h5-8,15-17,19-20H,2-4,9-12H2,1H3. The summed E-state index contributed by atoms with van der Waals surface area (Å²) in [7, 11) is 0. The van der Waals surface area contributed by atoms with Crippen LogP contribution in [0.15, 0.2) is 24.3 Å². The normalized spacial score (nSPS) is 24.6. The first kappa shape index (κ1) is 15.5. The monoisotopic (exact) mass is 279 g/mol. The molecule has 0 aromatic heterocycles. The van der Waals surface area contributed by atoms with Crippen molar-refractivity contribution < 1.29 is 9.50 Å². The van der Waals surface area contributed by atoms with Gasteiger partial charge in [-0.3, -0.25) is 0 Å². The lowest BCUT2D eigenvalue weighted by Gasteiger charge is -2.31. The zero-order valence-electron chi connectivity index (χ0n) is 12.3. The highest BCUT2D eigenvalue weighted by Crippen LogP contribution is 2.25. The van der Waals surface area contributed by atoms with Crippen LogP contribution in [0.3, 0.4) is 0 Å². The van der Waals surface area contributed by atoms with E-state index in [4.69, 9.17) is 0 Å². The van der Waals surface area contributed by atoms with E-state index in [9.17, 15) is 9.50 Å². The molecule has 1 aromatic carbocycles. The van der Waals surface area contributed by atoms with E-state index >= 15 is 0 Å². The van der Waals surface area contributed by atoms with Crippen LogP contribution < -0.4 is 5.32 Å². The molecule has 2 nitrogen and oxygen atoms in total. The third-order valence-electron chi connectivity index (χ3n) is 4.25. The molecule has 3 heteroatoms. The average molecular weight is 279 g/mol. The van der Waals surface area contributed by atoms with Gasteiger partial charge in [0.1, 0.15) is 5.82 Å². The molecule has 0 radical (unpaired) electrons. The van der Waals surface area contributed by atoms with Crippen LogP contribution in [0.5, 0.6) is 0 Å². The average Bonchev–Trinajstić information content (AvgIpc) is 2.46. The Morgan fingerprint density at radius 2 is 1.85 bits per heavy atom. The smallest absolute Gasteiger partial charge is 0.123 e. The second-order valence-electron chi connectivity index (χ2n) is 5.92. The Hall–Kier alpha value is -0.930. The summed E-state index contributed by atoms with van der Waals surface area (Å²) in [6.07, 6.45) is 7.15. The van der Waals surface area contributed by atoms with Crippen molar-refractivity contribution in [1.82, 2.24) is 5.32 Å². The first-order valence-corrected chi connectivity index (χ1v) is 7.88. The molecule has 0 heterocycles. The maximum Gasteiger partial charge on any atom is 0.123 e. The number of benzene rings is 1. The van der Waals surface area contributed by atoms with E-state index in [2.05, 4.69) is 12.2 Å². The molecule has 1 aliphatic rings. The van der Waals surface area contributed by atoms with Gasteiger partial charge >= 0.3 is 0 Å². The van der Waals surface area contributed by atoms with Gasteiger partial charge in [-0.1, -0.05) is 31.9 Å². The molecule has 0 amide bonds. The van der Waals surface area contributed by atoms with Crippen LogP contribution in [-0.2, 0) is 0 Å². The number of halogens is 1. The van der Waals surface area contributed by atoms with Gasteiger partial charge in [-0.15, -0.1) is 0 Å². The summed E-state index contributed by atoms with van der Waals surface area (Å²) in [5.74, 6) is -0.177. The largest absolute Gasteiger partial charge is 0.393 e. The topological polar surface area (TPSA) is 32.3 Å². The minimum absolute atomic E-state index is 0.118. The number of unbranched alkanes of at least 4 members (excludes halogenated alkanes) is 1. The van der Waals surface area contributed by atoms with Crippen molar-refractivity contribution in [2.75, 3.05) is 0 Å². The van der Waals surface area contributed by atoms with Crippen molar-refractivity contribution in [1.29, 1.82) is 0 Å². The van der Waals surface area contributed by atoms with Gasteiger partial charge in [0.2, 0.25) is 0 Å². The third-order valence-corrected chi connectivity index (χ3v) is 4.25. The number of hydrogen-bond donors (Lipinski definition) is 2. The van der Waals surface area contributed by atoms with E-state index in [-0.39, 0.29) is 11.9 Å². The predicted octanol–water partition coefficient (Wildman–Crippen LogP) is 3.95. The Kier molecular flexibility index (Phi) is 5.99. The fraction of sp³-hybridized carbons (Fsp3) is 0.647. The molecule has 1 saturated carbocycles. The lowest BCUT2D eigenvalue weighted by molar-refractivity contribution is 0.113. The minimum atomic E-state index is -0.177. The van der Waals surface area contributed by atoms with Gasteiger partial charge < -0.3 is 10.4 Å². The van der Waals surface area contributed by atoms with Crippen LogP contribution in [0.25, 0.3) is 0 Å². The van der Waals surface area contributed by atoms with Gasteiger partial charge in [0, 0.05) is 12.1 Å². The molecular weight excluding hydrogens is 253 g/mol. The summed E-state index contributed by atoms with van der Waals surface area (Å²) in [6.45, 7) is 2.19. The zero-order valence-corrected chi connectivity index (χ0v) is 12.3. The minimum Gasteiger partial charge on any atom is -0.393 e. The summed E-state index contributed by atoms with van der Waals surface area (Å²) >= 11 is 0. The number of rotatable bonds is 6. The van der Waals surface area contributed by atoms with Crippen LogP contribution in [0.1, 0.15) is 63.5 Å². The highest BCUT2D eigenvalue weighted by molar-refractivity contribution is 5.20. The zero-order chi connectivity index (χ0) is 14.4. The first-order valence-electron chi connectivity index (χ1n) is 7.88. The highest BCUT2D eigenvalue weighted by Gasteiger charge is 2.22. The highest BCUT2D eigenvalue weighted by atomic mass is 19.1. The Morgan fingerprint density at radius 1 is 1.20 bits per heavy atom. The van der Waals surface area contributed by atoms with Crippen LogP contribution in [0, 0.1) is 5.82 Å². The van der Waals surface area contributed by atoms with E-state index in [1.54, 1.807) is 12.1 Å². The molecule has 0 saturated heterocycles. The molecule has 0 spiro atoms. The molecule has 0 bridgehead atoms. The van der Waals surface area contributed by atoms with Gasteiger partial charge in [0.25, 0.3) is 0 Å². The molecule has 112 valence electrons. The molecule has 1 unspecified atom stereocenters. The van der Waals surface area contributed by atoms with Crippen molar-refractivity contribution in [3.63, 3.8) is 0 Å². The SMILES string of the molecule is CCCCC(NC1CCC(O)CC1)c1ccc(F)cc1. The molecule has 1 atom stereocenters. The van der Waals surface area contributed by atoms with Crippen LogP contribution in [0.2, 0.25) is 0 Å². The Labute approximate surface area is 121 Å².